The van der Waals surface area contributed by atoms with Gasteiger partial charge in [-0.25, -0.2) is 14.4 Å². The van der Waals surface area contributed by atoms with Gasteiger partial charge in [-0.05, 0) is 36.8 Å². The number of benzene rings is 1. The largest absolute Gasteiger partial charge is 0.384 e. The van der Waals surface area contributed by atoms with Gasteiger partial charge in [-0.3, -0.25) is 4.57 Å². The Hall–Kier alpha value is -2.69. The third-order valence-corrected chi connectivity index (χ3v) is 3.08. The zero-order valence-electron chi connectivity index (χ0n) is 10.9. The average Bonchev–Trinajstić information content (AvgIpc) is 2.88. The maximum absolute atomic E-state index is 14.1. The van der Waals surface area contributed by atoms with Crippen molar-refractivity contribution in [1.82, 2.24) is 14.5 Å². The predicted octanol–water partition coefficient (Wildman–Crippen LogP) is 2.96. The van der Waals surface area contributed by atoms with Gasteiger partial charge in [0.05, 0.1) is 23.9 Å². The highest BCUT2D eigenvalue weighted by molar-refractivity contribution is 5.62. The van der Waals surface area contributed by atoms with Crippen LogP contribution in [-0.2, 0) is 0 Å². The van der Waals surface area contributed by atoms with E-state index in [-0.39, 0.29) is 5.82 Å². The van der Waals surface area contributed by atoms with Crippen LogP contribution in [0.15, 0.2) is 49.1 Å². The van der Waals surface area contributed by atoms with E-state index in [4.69, 9.17) is 5.73 Å². The smallest absolute Gasteiger partial charge is 0.147 e. The number of nitrogens with two attached hydrogens (primary N) is 1. The van der Waals surface area contributed by atoms with Crippen LogP contribution >= 0.6 is 0 Å². The molecule has 0 fully saturated rings. The quantitative estimate of drug-likeness (QED) is 0.777. The highest BCUT2D eigenvalue weighted by Crippen LogP contribution is 2.24. The molecule has 0 saturated carbocycles. The number of hydrogen-bond acceptors (Lipinski definition) is 3. The Morgan fingerprint density at radius 2 is 2.00 bits per heavy atom. The first-order valence-corrected chi connectivity index (χ1v) is 6.16. The van der Waals surface area contributed by atoms with E-state index in [2.05, 4.69) is 9.97 Å². The highest BCUT2D eigenvalue weighted by atomic mass is 19.1. The number of hydrogen-bond donors (Lipinski definition) is 1. The SMILES string of the molecule is Cc1ccc(-n2cncc2-c2ccc(N)nc2)c(F)c1. The molecule has 4 nitrogen and oxygen atoms in total. The maximum atomic E-state index is 14.1. The molecule has 0 radical (unpaired) electrons. The molecule has 3 aromatic rings. The van der Waals surface area contributed by atoms with Crippen LogP contribution < -0.4 is 5.73 Å². The molecule has 0 spiro atoms. The molecule has 3 rings (SSSR count). The number of rotatable bonds is 2. The first kappa shape index (κ1) is 12.3. The fourth-order valence-electron chi connectivity index (χ4n) is 2.06. The van der Waals surface area contributed by atoms with E-state index in [0.29, 0.717) is 11.5 Å². The van der Waals surface area contributed by atoms with Crippen molar-refractivity contribution in [1.29, 1.82) is 0 Å². The normalized spacial score (nSPS) is 10.7. The van der Waals surface area contributed by atoms with Crippen molar-refractivity contribution in [2.24, 2.45) is 0 Å². The first-order chi connectivity index (χ1) is 9.65. The van der Waals surface area contributed by atoms with Crippen molar-refractivity contribution >= 4 is 5.82 Å². The molecule has 2 N–H and O–H groups in total. The minimum atomic E-state index is -0.285. The number of pyridine rings is 1. The predicted molar refractivity (Wildman–Crippen MR) is 75.9 cm³/mol. The number of imidazole rings is 1. The Balaban J connectivity index is 2.12. The van der Waals surface area contributed by atoms with Crippen LogP contribution in [0.4, 0.5) is 10.2 Å². The molecule has 0 aliphatic heterocycles. The summed E-state index contributed by atoms with van der Waals surface area (Å²) in [5.74, 6) is 0.161. The molecular weight excluding hydrogens is 255 g/mol. The second kappa shape index (κ2) is 4.77. The Labute approximate surface area is 115 Å². The van der Waals surface area contributed by atoms with Gasteiger partial charge < -0.3 is 5.73 Å². The number of halogens is 1. The zero-order valence-corrected chi connectivity index (χ0v) is 10.9. The van der Waals surface area contributed by atoms with Gasteiger partial charge in [-0.15, -0.1) is 0 Å². The molecule has 2 aromatic heterocycles. The van der Waals surface area contributed by atoms with Gasteiger partial charge in [-0.1, -0.05) is 6.07 Å². The summed E-state index contributed by atoms with van der Waals surface area (Å²) < 4.78 is 15.8. The monoisotopic (exact) mass is 268 g/mol. The number of aryl methyl sites for hydroxylation is 1. The Kier molecular flexibility index (Phi) is 2.95. The minimum absolute atomic E-state index is 0.285. The topological polar surface area (TPSA) is 56.7 Å². The molecule has 5 heteroatoms. The second-order valence-electron chi connectivity index (χ2n) is 4.58. The second-order valence-corrected chi connectivity index (χ2v) is 4.58. The van der Waals surface area contributed by atoms with E-state index in [1.54, 1.807) is 35.4 Å². The van der Waals surface area contributed by atoms with Gasteiger partial charge in [0.15, 0.2) is 0 Å². The van der Waals surface area contributed by atoms with Crippen LogP contribution in [-0.4, -0.2) is 14.5 Å². The summed E-state index contributed by atoms with van der Waals surface area (Å²) >= 11 is 0. The van der Waals surface area contributed by atoms with Crippen molar-refractivity contribution < 1.29 is 4.39 Å². The molecule has 20 heavy (non-hydrogen) atoms. The molecule has 100 valence electrons. The summed E-state index contributed by atoms with van der Waals surface area (Å²) in [6.07, 6.45) is 4.90. The van der Waals surface area contributed by atoms with Gasteiger partial charge in [0, 0.05) is 11.8 Å². The lowest BCUT2D eigenvalue weighted by Crippen LogP contribution is -1.99. The van der Waals surface area contributed by atoms with Crippen LogP contribution in [0.2, 0.25) is 0 Å². The van der Waals surface area contributed by atoms with Crippen molar-refractivity contribution in [2.75, 3.05) is 5.73 Å². The lowest BCUT2D eigenvalue weighted by atomic mass is 10.2. The van der Waals surface area contributed by atoms with Crippen molar-refractivity contribution in [3.63, 3.8) is 0 Å². The Morgan fingerprint density at radius 3 is 2.70 bits per heavy atom. The molecule has 0 aliphatic carbocycles. The first-order valence-electron chi connectivity index (χ1n) is 6.16. The number of anilines is 1. The molecule has 0 aliphatic rings. The van der Waals surface area contributed by atoms with Crippen molar-refractivity contribution in [3.8, 4) is 16.9 Å². The molecule has 2 heterocycles. The minimum Gasteiger partial charge on any atom is -0.384 e. The molecule has 0 bridgehead atoms. The van der Waals surface area contributed by atoms with E-state index in [9.17, 15) is 4.39 Å². The van der Waals surface area contributed by atoms with Gasteiger partial charge >= 0.3 is 0 Å². The summed E-state index contributed by atoms with van der Waals surface area (Å²) in [7, 11) is 0. The number of aromatic nitrogens is 3. The van der Waals surface area contributed by atoms with Gasteiger partial charge in [-0.2, -0.15) is 0 Å². The van der Waals surface area contributed by atoms with Crippen molar-refractivity contribution in [3.05, 3.63) is 60.4 Å². The summed E-state index contributed by atoms with van der Waals surface area (Å²) in [5.41, 5.74) is 8.51. The highest BCUT2D eigenvalue weighted by Gasteiger charge is 2.11. The summed E-state index contributed by atoms with van der Waals surface area (Å²) in [6.45, 7) is 1.85. The molecule has 0 amide bonds. The maximum Gasteiger partial charge on any atom is 0.147 e. The third-order valence-electron chi connectivity index (χ3n) is 3.08. The Morgan fingerprint density at radius 1 is 1.15 bits per heavy atom. The summed E-state index contributed by atoms with van der Waals surface area (Å²) in [5, 5.41) is 0. The molecule has 1 aromatic carbocycles. The molecular formula is C15H13FN4. The average molecular weight is 268 g/mol. The van der Waals surface area contributed by atoms with E-state index < -0.39 is 0 Å². The van der Waals surface area contributed by atoms with Crippen LogP contribution in [0.25, 0.3) is 16.9 Å². The van der Waals surface area contributed by atoms with Crippen LogP contribution in [0, 0.1) is 12.7 Å². The zero-order chi connectivity index (χ0) is 14.1. The Bertz CT molecular complexity index is 747. The van der Waals surface area contributed by atoms with Gasteiger partial charge in [0.25, 0.3) is 0 Å². The van der Waals surface area contributed by atoms with E-state index in [1.807, 2.05) is 19.1 Å². The van der Waals surface area contributed by atoms with Crippen LogP contribution in [0.5, 0.6) is 0 Å². The molecule has 0 atom stereocenters. The van der Waals surface area contributed by atoms with Gasteiger partial charge in [0.2, 0.25) is 0 Å². The van der Waals surface area contributed by atoms with Gasteiger partial charge in [0.1, 0.15) is 11.6 Å². The molecule has 0 unspecified atom stereocenters. The molecule has 0 saturated heterocycles. The fourth-order valence-corrected chi connectivity index (χ4v) is 2.06. The van der Waals surface area contributed by atoms with E-state index in [0.717, 1.165) is 16.8 Å². The standard InChI is InChI=1S/C15H13FN4/c1-10-2-4-13(12(16)6-10)20-9-18-8-14(20)11-3-5-15(17)19-7-11/h2-9H,1H3,(H2,17,19). The van der Waals surface area contributed by atoms with E-state index >= 15 is 0 Å². The van der Waals surface area contributed by atoms with E-state index in [1.165, 1.54) is 6.07 Å². The summed E-state index contributed by atoms with van der Waals surface area (Å²) in [6, 6.07) is 8.64. The fraction of sp³-hybridized carbons (Fsp3) is 0.0667. The summed E-state index contributed by atoms with van der Waals surface area (Å²) in [4.78, 5) is 8.15. The van der Waals surface area contributed by atoms with Crippen LogP contribution in [0.3, 0.4) is 0 Å². The van der Waals surface area contributed by atoms with Crippen molar-refractivity contribution in [2.45, 2.75) is 6.92 Å². The third kappa shape index (κ3) is 2.14. The number of nitrogen functional groups attached to an aromatic ring is 1. The lowest BCUT2D eigenvalue weighted by Gasteiger charge is -2.09. The number of nitrogens with zero attached hydrogens (tertiary/aromatic N) is 3. The lowest BCUT2D eigenvalue weighted by molar-refractivity contribution is 0.617. The van der Waals surface area contributed by atoms with Crippen LogP contribution in [0.1, 0.15) is 5.56 Å².